The van der Waals surface area contributed by atoms with E-state index in [1.165, 1.54) is 18.2 Å². The van der Waals surface area contributed by atoms with Crippen molar-refractivity contribution in [3.8, 4) is 0 Å². The predicted octanol–water partition coefficient (Wildman–Crippen LogP) is 4.37. The number of piperidine rings is 1. The molecular formula is C19H30FNO2. The lowest BCUT2D eigenvalue weighted by Crippen LogP contribution is -2.46. The molecule has 1 unspecified atom stereocenters. The van der Waals surface area contributed by atoms with Gasteiger partial charge in [0.15, 0.2) is 0 Å². The van der Waals surface area contributed by atoms with E-state index in [0.717, 1.165) is 44.5 Å². The Labute approximate surface area is 139 Å². The molecule has 0 amide bonds. The standard InChI is InChI=1S/C19H30FNO2/c1-5-6-16(20)13-17-7-8-18(22-15(2)3)14-19(23-17)9-11-21(4)12-10-19/h5-6,13,15,18H,1,7-12,14H2,2-4H3/b16-6+,17-13+. The van der Waals surface area contributed by atoms with Crippen molar-refractivity contribution < 1.29 is 13.9 Å². The minimum absolute atomic E-state index is 0.177. The molecule has 130 valence electrons. The van der Waals surface area contributed by atoms with Crippen LogP contribution in [0.4, 0.5) is 4.39 Å². The van der Waals surface area contributed by atoms with Crippen molar-refractivity contribution in [3.05, 3.63) is 36.4 Å². The summed E-state index contributed by atoms with van der Waals surface area (Å²) >= 11 is 0. The van der Waals surface area contributed by atoms with Crippen LogP contribution in [0.2, 0.25) is 0 Å². The van der Waals surface area contributed by atoms with Crippen molar-refractivity contribution in [2.75, 3.05) is 20.1 Å². The summed E-state index contributed by atoms with van der Waals surface area (Å²) in [6.07, 6.45) is 9.13. The number of likely N-dealkylation sites (tertiary alicyclic amines) is 1. The number of halogens is 1. The van der Waals surface area contributed by atoms with E-state index >= 15 is 0 Å². The normalized spacial score (nSPS) is 28.0. The molecule has 2 saturated heterocycles. The second-order valence-electron chi connectivity index (χ2n) is 7.04. The van der Waals surface area contributed by atoms with Gasteiger partial charge in [0.25, 0.3) is 0 Å². The fourth-order valence-electron chi connectivity index (χ4n) is 3.44. The van der Waals surface area contributed by atoms with Gasteiger partial charge in [0.2, 0.25) is 0 Å². The van der Waals surface area contributed by atoms with E-state index in [1.807, 2.05) is 0 Å². The second kappa shape index (κ2) is 8.11. The topological polar surface area (TPSA) is 21.7 Å². The van der Waals surface area contributed by atoms with E-state index < -0.39 is 0 Å². The van der Waals surface area contributed by atoms with Gasteiger partial charge in [-0.3, -0.25) is 0 Å². The number of hydrogen-bond donors (Lipinski definition) is 0. The van der Waals surface area contributed by atoms with Crippen LogP contribution in [0.5, 0.6) is 0 Å². The van der Waals surface area contributed by atoms with Crippen LogP contribution in [0, 0.1) is 0 Å². The molecule has 2 heterocycles. The molecule has 3 nitrogen and oxygen atoms in total. The summed E-state index contributed by atoms with van der Waals surface area (Å²) in [6.45, 7) is 9.68. The Morgan fingerprint density at radius 2 is 2.13 bits per heavy atom. The van der Waals surface area contributed by atoms with Gasteiger partial charge < -0.3 is 14.4 Å². The zero-order chi connectivity index (χ0) is 16.9. The van der Waals surface area contributed by atoms with Crippen LogP contribution < -0.4 is 0 Å². The smallest absolute Gasteiger partial charge is 0.126 e. The Morgan fingerprint density at radius 1 is 1.43 bits per heavy atom. The second-order valence-corrected chi connectivity index (χ2v) is 7.04. The molecule has 2 aliphatic rings. The van der Waals surface area contributed by atoms with E-state index in [-0.39, 0.29) is 23.6 Å². The van der Waals surface area contributed by atoms with Crippen LogP contribution in [0.3, 0.4) is 0 Å². The maximum atomic E-state index is 13.8. The zero-order valence-electron chi connectivity index (χ0n) is 14.7. The maximum absolute atomic E-state index is 13.8. The molecular weight excluding hydrogens is 293 g/mol. The Bertz CT molecular complexity index is 462. The third kappa shape index (κ3) is 5.47. The first-order chi connectivity index (χ1) is 10.9. The molecule has 1 spiro atoms. The molecule has 2 aliphatic heterocycles. The Hall–Kier alpha value is -1.13. The monoisotopic (exact) mass is 323 g/mol. The highest BCUT2D eigenvalue weighted by atomic mass is 19.1. The third-order valence-corrected chi connectivity index (χ3v) is 4.60. The van der Waals surface area contributed by atoms with Crippen molar-refractivity contribution in [2.24, 2.45) is 0 Å². The lowest BCUT2D eigenvalue weighted by Gasteiger charge is -2.41. The molecule has 0 bridgehead atoms. The molecule has 23 heavy (non-hydrogen) atoms. The van der Waals surface area contributed by atoms with Gasteiger partial charge in [0.1, 0.15) is 11.4 Å². The van der Waals surface area contributed by atoms with Gasteiger partial charge in [-0.15, -0.1) is 0 Å². The van der Waals surface area contributed by atoms with E-state index in [4.69, 9.17) is 9.47 Å². The molecule has 0 aliphatic carbocycles. The van der Waals surface area contributed by atoms with E-state index in [1.54, 1.807) is 0 Å². The van der Waals surface area contributed by atoms with Crippen LogP contribution in [-0.4, -0.2) is 42.8 Å². The highest BCUT2D eigenvalue weighted by Crippen LogP contribution is 2.39. The fraction of sp³-hybridized carbons (Fsp3) is 0.684. The molecule has 2 rings (SSSR count). The molecule has 1 atom stereocenters. The van der Waals surface area contributed by atoms with Crippen molar-refractivity contribution in [3.63, 3.8) is 0 Å². The van der Waals surface area contributed by atoms with Crippen LogP contribution >= 0.6 is 0 Å². The number of ether oxygens (including phenoxy) is 2. The SMILES string of the molecule is C=C/C=C(F)\C=C1/CCC(OC(C)C)CC2(CCN(C)CC2)O1. The molecule has 0 aromatic carbocycles. The largest absolute Gasteiger partial charge is 0.491 e. The Morgan fingerprint density at radius 3 is 2.74 bits per heavy atom. The lowest BCUT2D eigenvalue weighted by atomic mass is 9.85. The third-order valence-electron chi connectivity index (χ3n) is 4.60. The van der Waals surface area contributed by atoms with Gasteiger partial charge in [-0.2, -0.15) is 0 Å². The number of nitrogens with zero attached hydrogens (tertiary/aromatic N) is 1. The highest BCUT2D eigenvalue weighted by molar-refractivity contribution is 5.20. The van der Waals surface area contributed by atoms with Gasteiger partial charge in [0.05, 0.1) is 18.0 Å². The molecule has 0 aromatic rings. The predicted molar refractivity (Wildman–Crippen MR) is 91.9 cm³/mol. The van der Waals surface area contributed by atoms with E-state index in [9.17, 15) is 4.39 Å². The average molecular weight is 323 g/mol. The summed E-state index contributed by atoms with van der Waals surface area (Å²) in [5.41, 5.74) is -0.219. The summed E-state index contributed by atoms with van der Waals surface area (Å²) in [5, 5.41) is 0. The molecule has 0 aromatic heterocycles. The summed E-state index contributed by atoms with van der Waals surface area (Å²) in [6, 6.07) is 0. The molecule has 4 heteroatoms. The lowest BCUT2D eigenvalue weighted by molar-refractivity contribution is -0.0828. The van der Waals surface area contributed by atoms with Gasteiger partial charge in [-0.25, -0.2) is 4.39 Å². The summed E-state index contributed by atoms with van der Waals surface area (Å²) < 4.78 is 26.3. The number of rotatable bonds is 4. The Balaban J connectivity index is 2.19. The van der Waals surface area contributed by atoms with Gasteiger partial charge in [-0.05, 0) is 46.2 Å². The first-order valence-corrected chi connectivity index (χ1v) is 8.64. The van der Waals surface area contributed by atoms with Crippen molar-refractivity contribution in [1.82, 2.24) is 4.90 Å². The van der Waals surface area contributed by atoms with Crippen molar-refractivity contribution in [2.45, 2.75) is 63.8 Å². The molecule has 0 radical (unpaired) electrons. The van der Waals surface area contributed by atoms with Gasteiger partial charge in [-0.1, -0.05) is 12.7 Å². The number of allylic oxidation sites excluding steroid dienone is 5. The first kappa shape index (κ1) is 18.2. The number of hydrogen-bond acceptors (Lipinski definition) is 3. The average Bonchev–Trinajstić information content (AvgIpc) is 2.62. The minimum Gasteiger partial charge on any atom is -0.491 e. The summed E-state index contributed by atoms with van der Waals surface area (Å²) in [4.78, 5) is 2.32. The van der Waals surface area contributed by atoms with Crippen molar-refractivity contribution >= 4 is 0 Å². The van der Waals surface area contributed by atoms with Crippen LogP contribution in [0.15, 0.2) is 36.4 Å². The first-order valence-electron chi connectivity index (χ1n) is 8.64. The summed E-state index contributed by atoms with van der Waals surface area (Å²) in [5.74, 6) is 0.432. The van der Waals surface area contributed by atoms with E-state index in [2.05, 4.69) is 32.4 Å². The fourth-order valence-corrected chi connectivity index (χ4v) is 3.44. The molecule has 0 saturated carbocycles. The van der Waals surface area contributed by atoms with Crippen molar-refractivity contribution in [1.29, 1.82) is 0 Å². The van der Waals surface area contributed by atoms with Crippen LogP contribution in [-0.2, 0) is 9.47 Å². The van der Waals surface area contributed by atoms with Crippen LogP contribution in [0.1, 0.15) is 46.0 Å². The highest BCUT2D eigenvalue weighted by Gasteiger charge is 2.41. The Kier molecular flexibility index (Phi) is 6.42. The molecule has 2 fully saturated rings. The van der Waals surface area contributed by atoms with Gasteiger partial charge >= 0.3 is 0 Å². The molecule has 0 N–H and O–H groups in total. The summed E-state index contributed by atoms with van der Waals surface area (Å²) in [7, 11) is 2.13. The van der Waals surface area contributed by atoms with Crippen LogP contribution in [0.25, 0.3) is 0 Å². The quantitative estimate of drug-likeness (QED) is 0.717. The maximum Gasteiger partial charge on any atom is 0.126 e. The van der Waals surface area contributed by atoms with E-state index in [0.29, 0.717) is 6.42 Å². The van der Waals surface area contributed by atoms with Gasteiger partial charge in [0, 0.05) is 32.0 Å². The minimum atomic E-state index is -0.304. The zero-order valence-corrected chi connectivity index (χ0v) is 14.7.